The van der Waals surface area contributed by atoms with Crippen LogP contribution in [0.25, 0.3) is 0 Å². The SMILES string of the molecule is CCCNCC(C)(C)CN(CC)CCOCC. The first-order valence-corrected chi connectivity index (χ1v) is 7.06. The molecule has 3 heteroatoms. The Hall–Kier alpha value is -0.120. The van der Waals surface area contributed by atoms with E-state index < -0.39 is 0 Å². The van der Waals surface area contributed by atoms with Crippen molar-refractivity contribution < 1.29 is 4.74 Å². The van der Waals surface area contributed by atoms with E-state index in [4.69, 9.17) is 4.74 Å². The largest absolute Gasteiger partial charge is 0.380 e. The Morgan fingerprint density at radius 1 is 1.18 bits per heavy atom. The second kappa shape index (κ2) is 9.86. The third kappa shape index (κ3) is 9.57. The molecule has 3 nitrogen and oxygen atoms in total. The number of hydrogen-bond donors (Lipinski definition) is 1. The summed E-state index contributed by atoms with van der Waals surface area (Å²) in [5, 5.41) is 3.51. The van der Waals surface area contributed by atoms with Crippen LogP contribution in [-0.4, -0.2) is 50.8 Å². The Kier molecular flexibility index (Phi) is 9.79. The highest BCUT2D eigenvalue weighted by molar-refractivity contribution is 4.76. The van der Waals surface area contributed by atoms with Crippen LogP contribution in [0.4, 0.5) is 0 Å². The standard InChI is InChI=1S/C14H32N2O/c1-6-9-15-12-14(4,5)13-16(7-2)10-11-17-8-3/h15H,6-13H2,1-5H3. The Labute approximate surface area is 108 Å². The van der Waals surface area contributed by atoms with Crippen LogP contribution in [0.3, 0.4) is 0 Å². The highest BCUT2D eigenvalue weighted by atomic mass is 16.5. The van der Waals surface area contributed by atoms with Gasteiger partial charge < -0.3 is 15.0 Å². The molecule has 0 unspecified atom stereocenters. The maximum atomic E-state index is 5.42. The molecule has 0 aromatic carbocycles. The number of nitrogens with zero attached hydrogens (tertiary/aromatic N) is 1. The summed E-state index contributed by atoms with van der Waals surface area (Å²) in [4.78, 5) is 2.48. The van der Waals surface area contributed by atoms with Crippen molar-refractivity contribution in [3.8, 4) is 0 Å². The molecule has 0 rings (SSSR count). The predicted molar refractivity (Wildman–Crippen MR) is 75.5 cm³/mol. The molecular weight excluding hydrogens is 212 g/mol. The maximum absolute atomic E-state index is 5.42. The molecule has 0 atom stereocenters. The second-order valence-electron chi connectivity index (χ2n) is 5.41. The minimum absolute atomic E-state index is 0.331. The van der Waals surface area contributed by atoms with Crippen molar-refractivity contribution >= 4 is 0 Å². The van der Waals surface area contributed by atoms with Crippen LogP contribution in [0.15, 0.2) is 0 Å². The molecule has 0 aliphatic carbocycles. The number of rotatable bonds is 11. The molecule has 0 fully saturated rings. The van der Waals surface area contributed by atoms with Gasteiger partial charge in [-0.2, -0.15) is 0 Å². The predicted octanol–water partition coefficient (Wildman–Crippen LogP) is 2.37. The first-order valence-electron chi connectivity index (χ1n) is 7.06. The van der Waals surface area contributed by atoms with Crippen LogP contribution in [-0.2, 0) is 4.74 Å². The van der Waals surface area contributed by atoms with Gasteiger partial charge in [0, 0.05) is 26.2 Å². The van der Waals surface area contributed by atoms with Gasteiger partial charge in [0.25, 0.3) is 0 Å². The maximum Gasteiger partial charge on any atom is 0.0593 e. The summed E-state index contributed by atoms with van der Waals surface area (Å²) in [6.07, 6.45) is 1.21. The Balaban J connectivity index is 3.88. The summed E-state index contributed by atoms with van der Waals surface area (Å²) >= 11 is 0. The zero-order chi connectivity index (χ0) is 13.1. The molecule has 0 bridgehead atoms. The molecule has 1 N–H and O–H groups in total. The van der Waals surface area contributed by atoms with E-state index in [1.807, 2.05) is 0 Å². The molecule has 0 saturated heterocycles. The zero-order valence-corrected chi connectivity index (χ0v) is 12.5. The average molecular weight is 244 g/mol. The van der Waals surface area contributed by atoms with Crippen molar-refractivity contribution in [2.45, 2.75) is 41.0 Å². The third-order valence-corrected chi connectivity index (χ3v) is 2.89. The van der Waals surface area contributed by atoms with E-state index in [0.717, 1.165) is 45.9 Å². The summed E-state index contributed by atoms with van der Waals surface area (Å²) in [5.41, 5.74) is 0.331. The smallest absolute Gasteiger partial charge is 0.0593 e. The van der Waals surface area contributed by atoms with Gasteiger partial charge in [-0.3, -0.25) is 0 Å². The van der Waals surface area contributed by atoms with Crippen molar-refractivity contribution in [1.82, 2.24) is 10.2 Å². The zero-order valence-electron chi connectivity index (χ0n) is 12.5. The fraction of sp³-hybridized carbons (Fsp3) is 1.00. The molecule has 0 heterocycles. The molecule has 0 aromatic rings. The van der Waals surface area contributed by atoms with E-state index in [-0.39, 0.29) is 0 Å². The van der Waals surface area contributed by atoms with E-state index in [0.29, 0.717) is 5.41 Å². The molecule has 17 heavy (non-hydrogen) atoms. The van der Waals surface area contributed by atoms with Crippen molar-refractivity contribution in [2.75, 3.05) is 45.9 Å². The summed E-state index contributed by atoms with van der Waals surface area (Å²) in [6, 6.07) is 0. The van der Waals surface area contributed by atoms with Crippen LogP contribution in [0.2, 0.25) is 0 Å². The summed E-state index contributed by atoms with van der Waals surface area (Å²) in [7, 11) is 0. The van der Waals surface area contributed by atoms with Crippen LogP contribution in [0.5, 0.6) is 0 Å². The van der Waals surface area contributed by atoms with Gasteiger partial charge >= 0.3 is 0 Å². The van der Waals surface area contributed by atoms with Gasteiger partial charge in [-0.15, -0.1) is 0 Å². The molecule has 0 aromatic heterocycles. The summed E-state index contributed by atoms with van der Waals surface area (Å²) < 4.78 is 5.42. The van der Waals surface area contributed by atoms with Gasteiger partial charge in [-0.05, 0) is 31.8 Å². The minimum Gasteiger partial charge on any atom is -0.380 e. The van der Waals surface area contributed by atoms with Crippen LogP contribution >= 0.6 is 0 Å². The lowest BCUT2D eigenvalue weighted by Crippen LogP contribution is -2.41. The fourth-order valence-electron chi connectivity index (χ4n) is 1.95. The van der Waals surface area contributed by atoms with Gasteiger partial charge in [-0.25, -0.2) is 0 Å². The molecule has 0 spiro atoms. The molecule has 104 valence electrons. The van der Waals surface area contributed by atoms with Gasteiger partial charge in [0.1, 0.15) is 0 Å². The highest BCUT2D eigenvalue weighted by Crippen LogP contribution is 2.15. The summed E-state index contributed by atoms with van der Waals surface area (Å²) in [6.45, 7) is 18.3. The van der Waals surface area contributed by atoms with Gasteiger partial charge in [0.2, 0.25) is 0 Å². The minimum atomic E-state index is 0.331. The average Bonchev–Trinajstić information content (AvgIpc) is 2.28. The van der Waals surface area contributed by atoms with Crippen LogP contribution in [0.1, 0.15) is 41.0 Å². The first kappa shape index (κ1) is 16.9. The second-order valence-corrected chi connectivity index (χ2v) is 5.41. The molecule has 0 saturated carbocycles. The Bertz CT molecular complexity index is 172. The molecule has 0 amide bonds. The van der Waals surface area contributed by atoms with Crippen molar-refractivity contribution in [1.29, 1.82) is 0 Å². The van der Waals surface area contributed by atoms with Gasteiger partial charge in [0.15, 0.2) is 0 Å². The summed E-state index contributed by atoms with van der Waals surface area (Å²) in [5.74, 6) is 0. The van der Waals surface area contributed by atoms with E-state index >= 15 is 0 Å². The van der Waals surface area contributed by atoms with E-state index in [1.165, 1.54) is 6.42 Å². The lowest BCUT2D eigenvalue weighted by molar-refractivity contribution is 0.0969. The molecular formula is C14H32N2O. The monoisotopic (exact) mass is 244 g/mol. The lowest BCUT2D eigenvalue weighted by Gasteiger charge is -2.32. The van der Waals surface area contributed by atoms with Crippen molar-refractivity contribution in [2.24, 2.45) is 5.41 Å². The molecule has 0 aliphatic heterocycles. The van der Waals surface area contributed by atoms with Gasteiger partial charge in [0.05, 0.1) is 6.61 Å². The highest BCUT2D eigenvalue weighted by Gasteiger charge is 2.20. The van der Waals surface area contributed by atoms with Crippen molar-refractivity contribution in [3.05, 3.63) is 0 Å². The lowest BCUT2D eigenvalue weighted by atomic mass is 9.92. The van der Waals surface area contributed by atoms with Crippen LogP contribution < -0.4 is 5.32 Å². The van der Waals surface area contributed by atoms with Crippen molar-refractivity contribution in [3.63, 3.8) is 0 Å². The number of nitrogens with one attached hydrogen (secondary N) is 1. The Morgan fingerprint density at radius 3 is 2.41 bits per heavy atom. The van der Waals surface area contributed by atoms with E-state index in [9.17, 15) is 0 Å². The normalized spacial score (nSPS) is 12.4. The molecule has 0 radical (unpaired) electrons. The van der Waals surface area contributed by atoms with E-state index in [2.05, 4.69) is 44.8 Å². The number of likely N-dealkylation sites (N-methyl/N-ethyl adjacent to an activating group) is 1. The number of ether oxygens (including phenoxy) is 1. The number of hydrogen-bond acceptors (Lipinski definition) is 3. The topological polar surface area (TPSA) is 24.5 Å². The van der Waals surface area contributed by atoms with Crippen LogP contribution in [0, 0.1) is 5.41 Å². The first-order chi connectivity index (χ1) is 8.05. The third-order valence-electron chi connectivity index (χ3n) is 2.89. The fourth-order valence-corrected chi connectivity index (χ4v) is 1.95. The quantitative estimate of drug-likeness (QED) is 0.565. The Morgan fingerprint density at radius 2 is 1.88 bits per heavy atom. The van der Waals surface area contributed by atoms with E-state index in [1.54, 1.807) is 0 Å². The van der Waals surface area contributed by atoms with Gasteiger partial charge in [-0.1, -0.05) is 27.7 Å². The molecule has 0 aliphatic rings.